The van der Waals surface area contributed by atoms with Gasteiger partial charge >= 0.3 is 0 Å². The predicted molar refractivity (Wildman–Crippen MR) is 156 cm³/mol. The van der Waals surface area contributed by atoms with E-state index in [9.17, 15) is 4.79 Å². The Hall–Kier alpha value is -3.00. The zero-order valence-electron chi connectivity index (χ0n) is 23.5. The topological polar surface area (TPSA) is 66.9 Å². The van der Waals surface area contributed by atoms with Gasteiger partial charge in [0.05, 0.1) is 5.52 Å². The average molecular weight is 541 g/mol. The molecule has 2 aromatic carbocycles. The number of rotatable bonds is 6. The van der Waals surface area contributed by atoms with Crippen LogP contribution < -0.4 is 10.1 Å². The zero-order chi connectivity index (χ0) is 27.1. The molecule has 0 saturated carbocycles. The molecule has 7 rings (SSSR count). The van der Waals surface area contributed by atoms with Crippen LogP contribution in [-0.2, 0) is 17.8 Å². The molecule has 5 heterocycles. The first-order valence-corrected chi connectivity index (χ1v) is 15.1. The number of amides is 1. The van der Waals surface area contributed by atoms with Crippen molar-refractivity contribution >= 4 is 16.8 Å². The number of piperidine rings is 1. The number of likely N-dealkylation sites (tertiary alicyclic amines) is 1. The Labute approximate surface area is 236 Å². The molecule has 0 radical (unpaired) electrons. The van der Waals surface area contributed by atoms with Gasteiger partial charge in [-0.1, -0.05) is 19.1 Å². The maximum absolute atomic E-state index is 13.0. The second-order valence-electron chi connectivity index (χ2n) is 12.2. The minimum Gasteiger partial charge on any atom is -0.489 e. The van der Waals surface area contributed by atoms with Crippen LogP contribution in [0.2, 0.25) is 0 Å². The minimum absolute atomic E-state index is 0.137. The number of fused-ring (bicyclic) bond motifs is 2. The Bertz CT molecular complexity index is 1380. The first-order valence-electron chi connectivity index (χ1n) is 15.1. The van der Waals surface area contributed by atoms with E-state index in [0.29, 0.717) is 24.4 Å². The van der Waals surface area contributed by atoms with Crippen molar-refractivity contribution in [1.82, 2.24) is 20.1 Å². The Kier molecular flexibility index (Phi) is 7.20. The van der Waals surface area contributed by atoms with Crippen LogP contribution in [-0.4, -0.2) is 72.2 Å². The molecule has 4 aliphatic heterocycles. The van der Waals surface area contributed by atoms with E-state index in [1.807, 2.05) is 17.0 Å². The van der Waals surface area contributed by atoms with E-state index in [0.717, 1.165) is 94.0 Å². The summed E-state index contributed by atoms with van der Waals surface area (Å²) in [7, 11) is 0. The van der Waals surface area contributed by atoms with Crippen molar-refractivity contribution in [3.8, 4) is 5.75 Å². The summed E-state index contributed by atoms with van der Waals surface area (Å²) in [4.78, 5) is 22.6. The summed E-state index contributed by atoms with van der Waals surface area (Å²) in [6.07, 6.45) is 4.47. The third-order valence-electron chi connectivity index (χ3n) is 9.35. The molecular formula is C33H40N4O3. The highest BCUT2D eigenvalue weighted by Crippen LogP contribution is 2.32. The average Bonchev–Trinajstić information content (AvgIpc) is 3.51. The van der Waals surface area contributed by atoms with Crippen molar-refractivity contribution in [2.75, 3.05) is 39.4 Å². The molecule has 40 heavy (non-hydrogen) atoms. The van der Waals surface area contributed by atoms with E-state index < -0.39 is 0 Å². The lowest BCUT2D eigenvalue weighted by Gasteiger charge is -2.31. The van der Waals surface area contributed by atoms with Gasteiger partial charge in [-0.3, -0.25) is 14.7 Å². The molecule has 3 atom stereocenters. The van der Waals surface area contributed by atoms with Crippen LogP contribution in [0.3, 0.4) is 0 Å². The number of carbonyl (C=O) groups is 1. The molecule has 0 bridgehead atoms. The van der Waals surface area contributed by atoms with Crippen LogP contribution >= 0.6 is 0 Å². The maximum Gasteiger partial charge on any atom is 0.254 e. The van der Waals surface area contributed by atoms with Crippen LogP contribution in [0, 0.1) is 5.92 Å². The van der Waals surface area contributed by atoms with Gasteiger partial charge < -0.3 is 19.7 Å². The maximum atomic E-state index is 13.0. The number of benzene rings is 2. The summed E-state index contributed by atoms with van der Waals surface area (Å²) < 4.78 is 12.1. The Morgan fingerprint density at radius 3 is 2.80 bits per heavy atom. The highest BCUT2D eigenvalue weighted by Gasteiger charge is 2.35. The number of nitrogens with one attached hydrogen (secondary N) is 1. The second kappa shape index (κ2) is 11.1. The van der Waals surface area contributed by atoms with E-state index in [1.165, 1.54) is 16.6 Å². The fraction of sp³-hybridized carbons (Fsp3) is 0.515. The Morgan fingerprint density at radius 2 is 1.95 bits per heavy atom. The molecule has 0 aliphatic carbocycles. The summed E-state index contributed by atoms with van der Waals surface area (Å²) >= 11 is 0. The summed E-state index contributed by atoms with van der Waals surface area (Å²) in [5.74, 6) is 2.00. The van der Waals surface area contributed by atoms with Gasteiger partial charge in [-0.25, -0.2) is 0 Å². The molecule has 3 fully saturated rings. The molecule has 7 heteroatoms. The highest BCUT2D eigenvalue weighted by atomic mass is 16.5. The normalized spacial score (nSPS) is 26.0. The first-order chi connectivity index (χ1) is 19.6. The van der Waals surface area contributed by atoms with Gasteiger partial charge in [-0.05, 0) is 79.8 Å². The lowest BCUT2D eigenvalue weighted by atomic mass is 9.95. The van der Waals surface area contributed by atoms with Gasteiger partial charge in [-0.2, -0.15) is 0 Å². The van der Waals surface area contributed by atoms with Crippen LogP contribution in [0.25, 0.3) is 10.9 Å². The molecular weight excluding hydrogens is 500 g/mol. The van der Waals surface area contributed by atoms with Crippen molar-refractivity contribution in [2.45, 2.75) is 63.8 Å². The van der Waals surface area contributed by atoms with E-state index in [4.69, 9.17) is 14.5 Å². The number of hydrogen-bond donors (Lipinski definition) is 1. The Balaban J connectivity index is 0.981. The molecule has 1 N–H and O–H groups in total. The summed E-state index contributed by atoms with van der Waals surface area (Å²) in [5.41, 5.74) is 5.53. The third-order valence-corrected chi connectivity index (χ3v) is 9.35. The number of ether oxygens (including phenoxy) is 2. The molecule has 3 saturated heterocycles. The van der Waals surface area contributed by atoms with E-state index in [2.05, 4.69) is 53.5 Å². The lowest BCUT2D eigenvalue weighted by Crippen LogP contribution is -2.46. The third kappa shape index (κ3) is 5.22. The number of carbonyl (C=O) groups excluding carboxylic acids is 1. The zero-order valence-corrected chi connectivity index (χ0v) is 23.5. The van der Waals surface area contributed by atoms with Gasteiger partial charge in [0.15, 0.2) is 0 Å². The number of aromatic nitrogens is 1. The molecule has 3 aromatic rings. The van der Waals surface area contributed by atoms with Crippen LogP contribution in [0.15, 0.2) is 48.5 Å². The fourth-order valence-electron chi connectivity index (χ4n) is 7.05. The summed E-state index contributed by atoms with van der Waals surface area (Å²) in [5, 5.41) is 4.65. The number of nitrogens with zero attached hydrogens (tertiary/aromatic N) is 3. The molecule has 7 nitrogen and oxygen atoms in total. The van der Waals surface area contributed by atoms with Gasteiger partial charge in [0, 0.05) is 80.5 Å². The van der Waals surface area contributed by atoms with E-state index >= 15 is 0 Å². The summed E-state index contributed by atoms with van der Waals surface area (Å²) in [6.45, 7) is 9.41. The molecule has 210 valence electrons. The van der Waals surface area contributed by atoms with Crippen molar-refractivity contribution in [3.63, 3.8) is 0 Å². The van der Waals surface area contributed by atoms with Crippen LogP contribution in [0.1, 0.15) is 65.7 Å². The van der Waals surface area contributed by atoms with Crippen molar-refractivity contribution in [2.24, 2.45) is 5.92 Å². The van der Waals surface area contributed by atoms with E-state index in [1.54, 1.807) is 0 Å². The molecule has 1 aromatic heterocycles. The molecule has 0 spiro atoms. The SMILES string of the molecule is C[C@@H]1CN(Cc2ccc3nc(C4CCOCC4)ccc3c2)C[C@H]1Oc1ccc2c(c1)CN(C1CCCNC1)C2=O. The minimum atomic E-state index is 0.137. The van der Waals surface area contributed by atoms with Crippen LogP contribution in [0.5, 0.6) is 5.75 Å². The second-order valence-corrected chi connectivity index (χ2v) is 12.2. The van der Waals surface area contributed by atoms with Crippen molar-refractivity contribution < 1.29 is 14.3 Å². The van der Waals surface area contributed by atoms with Gasteiger partial charge in [0.2, 0.25) is 0 Å². The van der Waals surface area contributed by atoms with Crippen molar-refractivity contribution in [3.05, 3.63) is 70.9 Å². The standard InChI is InChI=1S/C33H40N4O3/c1-22-18-36(19-23-4-8-31-25(15-23)5-9-30(35-31)24-10-13-39-14-11-24)21-32(22)40-28-6-7-29-26(16-28)20-37(33(29)38)27-3-2-12-34-17-27/h4-9,15-16,22,24,27,32,34H,2-3,10-14,17-21H2,1H3/t22-,27?,32-/m1/s1. The first kappa shape index (κ1) is 25.9. The van der Waals surface area contributed by atoms with Crippen LogP contribution in [0.4, 0.5) is 0 Å². The van der Waals surface area contributed by atoms with Crippen molar-refractivity contribution in [1.29, 1.82) is 0 Å². The molecule has 1 amide bonds. The highest BCUT2D eigenvalue weighted by molar-refractivity contribution is 5.98. The van der Waals surface area contributed by atoms with Gasteiger partial charge in [-0.15, -0.1) is 0 Å². The predicted octanol–water partition coefficient (Wildman–Crippen LogP) is 4.74. The largest absolute Gasteiger partial charge is 0.489 e. The number of pyridine rings is 1. The molecule has 1 unspecified atom stereocenters. The quantitative estimate of drug-likeness (QED) is 0.488. The van der Waals surface area contributed by atoms with Gasteiger partial charge in [0.25, 0.3) is 5.91 Å². The van der Waals surface area contributed by atoms with E-state index in [-0.39, 0.29) is 12.0 Å². The summed E-state index contributed by atoms with van der Waals surface area (Å²) in [6, 6.07) is 17.5. The monoisotopic (exact) mass is 540 g/mol. The Morgan fingerprint density at radius 1 is 1.05 bits per heavy atom. The number of hydrogen-bond acceptors (Lipinski definition) is 6. The lowest BCUT2D eigenvalue weighted by molar-refractivity contribution is 0.0674. The van der Waals surface area contributed by atoms with Gasteiger partial charge in [0.1, 0.15) is 11.9 Å². The molecule has 4 aliphatic rings. The smallest absolute Gasteiger partial charge is 0.254 e. The fourth-order valence-corrected chi connectivity index (χ4v) is 7.05.